The van der Waals surface area contributed by atoms with E-state index in [1.165, 1.54) is 6.07 Å². The summed E-state index contributed by atoms with van der Waals surface area (Å²) in [5.74, 6) is 0.486. The highest BCUT2D eigenvalue weighted by molar-refractivity contribution is 5.80. The molecule has 1 aromatic rings. The number of nitrogens with zero attached hydrogens (tertiary/aromatic N) is 2. The van der Waals surface area contributed by atoms with E-state index in [9.17, 15) is 14.9 Å². The van der Waals surface area contributed by atoms with E-state index in [2.05, 4.69) is 6.92 Å². The summed E-state index contributed by atoms with van der Waals surface area (Å²) >= 11 is 0. The van der Waals surface area contributed by atoms with Gasteiger partial charge in [0.2, 0.25) is 5.91 Å². The lowest BCUT2D eigenvalue weighted by Crippen LogP contribution is -2.49. The van der Waals surface area contributed by atoms with Gasteiger partial charge in [-0.2, -0.15) is 0 Å². The van der Waals surface area contributed by atoms with Crippen LogP contribution in [0.4, 0.5) is 5.69 Å². The van der Waals surface area contributed by atoms with Crippen LogP contribution < -0.4 is 5.73 Å². The average Bonchev–Trinajstić information content (AvgIpc) is 2.47. The first-order valence-electron chi connectivity index (χ1n) is 7.24. The largest absolute Gasteiger partial charge is 0.338 e. The summed E-state index contributed by atoms with van der Waals surface area (Å²) in [6.07, 6.45) is 1.92. The van der Waals surface area contributed by atoms with Crippen molar-refractivity contribution in [3.8, 4) is 0 Å². The number of nitro benzene ring substituents is 1. The number of nitrogens with two attached hydrogens (primary N) is 1. The van der Waals surface area contributed by atoms with E-state index >= 15 is 0 Å². The zero-order valence-electron chi connectivity index (χ0n) is 12.2. The number of likely N-dealkylation sites (tertiary alicyclic amines) is 1. The van der Waals surface area contributed by atoms with Crippen LogP contribution >= 0.6 is 0 Å². The summed E-state index contributed by atoms with van der Waals surface area (Å²) in [7, 11) is 0. The van der Waals surface area contributed by atoms with Crippen LogP contribution in [0.25, 0.3) is 0 Å². The number of nitro groups is 1. The van der Waals surface area contributed by atoms with Crippen LogP contribution in [-0.4, -0.2) is 34.9 Å². The quantitative estimate of drug-likeness (QED) is 0.675. The van der Waals surface area contributed by atoms with Crippen LogP contribution in [0, 0.1) is 16.0 Å². The first-order valence-corrected chi connectivity index (χ1v) is 7.24. The Morgan fingerprint density at radius 3 is 2.86 bits per heavy atom. The number of amides is 1. The van der Waals surface area contributed by atoms with E-state index in [0.29, 0.717) is 24.6 Å². The predicted octanol–water partition coefficient (Wildman–Crippen LogP) is 1.72. The third-order valence-corrected chi connectivity index (χ3v) is 4.10. The second kappa shape index (κ2) is 6.67. The van der Waals surface area contributed by atoms with Crippen LogP contribution in [0.1, 0.15) is 25.3 Å². The zero-order chi connectivity index (χ0) is 15.4. The van der Waals surface area contributed by atoms with Gasteiger partial charge in [0.1, 0.15) is 0 Å². The van der Waals surface area contributed by atoms with E-state index < -0.39 is 4.92 Å². The number of hydrogen-bond donors (Lipinski definition) is 1. The Labute approximate surface area is 124 Å². The molecule has 0 aliphatic carbocycles. The van der Waals surface area contributed by atoms with Crippen molar-refractivity contribution in [1.82, 2.24) is 4.90 Å². The van der Waals surface area contributed by atoms with Gasteiger partial charge >= 0.3 is 0 Å². The number of piperidine rings is 1. The third kappa shape index (κ3) is 3.58. The minimum absolute atomic E-state index is 0.000487. The predicted molar refractivity (Wildman–Crippen MR) is 79.8 cm³/mol. The smallest absolute Gasteiger partial charge is 0.273 e. The van der Waals surface area contributed by atoms with Crippen molar-refractivity contribution in [2.45, 2.75) is 32.2 Å². The summed E-state index contributed by atoms with van der Waals surface area (Å²) in [4.78, 5) is 24.8. The molecule has 1 aliphatic heterocycles. The Hall–Kier alpha value is -1.95. The normalized spacial score (nSPS) is 22.1. The molecule has 0 radical (unpaired) electrons. The number of carbonyl (C=O) groups is 1. The van der Waals surface area contributed by atoms with Gasteiger partial charge in [-0.3, -0.25) is 14.9 Å². The molecule has 1 saturated heterocycles. The molecule has 21 heavy (non-hydrogen) atoms. The maximum Gasteiger partial charge on any atom is 0.273 e. The molecule has 0 saturated carbocycles. The molecule has 0 aromatic heterocycles. The van der Waals surface area contributed by atoms with E-state index in [0.717, 1.165) is 12.8 Å². The Morgan fingerprint density at radius 1 is 1.48 bits per heavy atom. The van der Waals surface area contributed by atoms with Crippen LogP contribution in [0.15, 0.2) is 24.3 Å². The van der Waals surface area contributed by atoms with Crippen LogP contribution in [-0.2, 0) is 11.2 Å². The number of benzene rings is 1. The number of rotatable bonds is 4. The molecule has 6 heteroatoms. The lowest BCUT2D eigenvalue weighted by Gasteiger charge is -2.38. The molecule has 1 fully saturated rings. The molecule has 1 aliphatic rings. The molecule has 2 atom stereocenters. The van der Waals surface area contributed by atoms with Crippen molar-refractivity contribution in [1.29, 1.82) is 0 Å². The molecule has 2 unspecified atom stereocenters. The van der Waals surface area contributed by atoms with Crippen molar-refractivity contribution in [3.05, 3.63) is 39.9 Å². The topological polar surface area (TPSA) is 89.5 Å². The fraction of sp³-hybridized carbons (Fsp3) is 0.533. The molecule has 1 heterocycles. The number of para-hydroxylation sites is 1. The summed E-state index contributed by atoms with van der Waals surface area (Å²) in [5.41, 5.74) is 6.22. The summed E-state index contributed by atoms with van der Waals surface area (Å²) in [6.45, 7) is 3.28. The lowest BCUT2D eigenvalue weighted by atomic mass is 9.92. The van der Waals surface area contributed by atoms with E-state index in [-0.39, 0.29) is 24.1 Å². The molecule has 2 N–H and O–H groups in total. The molecule has 2 rings (SSSR count). The Bertz CT molecular complexity index is 533. The van der Waals surface area contributed by atoms with Gasteiger partial charge in [-0.1, -0.05) is 25.1 Å². The number of carbonyl (C=O) groups excluding carboxylic acids is 1. The Morgan fingerprint density at radius 2 is 2.19 bits per heavy atom. The summed E-state index contributed by atoms with van der Waals surface area (Å²) in [6, 6.07) is 6.44. The van der Waals surface area contributed by atoms with Gasteiger partial charge in [-0.15, -0.1) is 0 Å². The van der Waals surface area contributed by atoms with Crippen LogP contribution in [0.5, 0.6) is 0 Å². The van der Waals surface area contributed by atoms with Gasteiger partial charge in [0.25, 0.3) is 5.69 Å². The molecule has 1 amide bonds. The Kier molecular flexibility index (Phi) is 4.90. The zero-order valence-corrected chi connectivity index (χ0v) is 12.2. The first kappa shape index (κ1) is 15.4. The summed E-state index contributed by atoms with van der Waals surface area (Å²) < 4.78 is 0. The SMILES string of the molecule is CC1CCN(C(=O)Cc2ccccc2[N+](=O)[O-])C(CN)C1. The molecule has 1 aromatic carbocycles. The lowest BCUT2D eigenvalue weighted by molar-refractivity contribution is -0.385. The second-order valence-corrected chi connectivity index (χ2v) is 5.67. The fourth-order valence-electron chi connectivity index (χ4n) is 2.91. The van der Waals surface area contributed by atoms with E-state index in [4.69, 9.17) is 5.73 Å². The van der Waals surface area contributed by atoms with Gasteiger partial charge < -0.3 is 10.6 Å². The first-order chi connectivity index (χ1) is 10.0. The minimum Gasteiger partial charge on any atom is -0.338 e. The van der Waals surface area contributed by atoms with Gasteiger partial charge in [-0.05, 0) is 18.8 Å². The standard InChI is InChI=1S/C15H21N3O3/c1-11-6-7-17(13(8-11)10-16)15(19)9-12-4-2-3-5-14(12)18(20)21/h2-5,11,13H,6-10,16H2,1H3. The van der Waals surface area contributed by atoms with Crippen LogP contribution in [0.2, 0.25) is 0 Å². The van der Waals surface area contributed by atoms with Gasteiger partial charge in [0, 0.05) is 30.8 Å². The fourth-order valence-corrected chi connectivity index (χ4v) is 2.91. The molecule has 114 valence electrons. The second-order valence-electron chi connectivity index (χ2n) is 5.67. The maximum atomic E-state index is 12.5. The van der Waals surface area contributed by atoms with Crippen molar-refractivity contribution in [2.24, 2.45) is 11.7 Å². The van der Waals surface area contributed by atoms with Crippen molar-refractivity contribution >= 4 is 11.6 Å². The van der Waals surface area contributed by atoms with Gasteiger partial charge in [-0.25, -0.2) is 0 Å². The van der Waals surface area contributed by atoms with Crippen molar-refractivity contribution < 1.29 is 9.72 Å². The van der Waals surface area contributed by atoms with Crippen molar-refractivity contribution in [3.63, 3.8) is 0 Å². The third-order valence-electron chi connectivity index (χ3n) is 4.10. The highest BCUT2D eigenvalue weighted by Gasteiger charge is 2.29. The van der Waals surface area contributed by atoms with Gasteiger partial charge in [0.05, 0.1) is 11.3 Å². The monoisotopic (exact) mass is 291 g/mol. The summed E-state index contributed by atoms with van der Waals surface area (Å²) in [5, 5.41) is 11.0. The average molecular weight is 291 g/mol. The highest BCUT2D eigenvalue weighted by atomic mass is 16.6. The van der Waals surface area contributed by atoms with Crippen molar-refractivity contribution in [2.75, 3.05) is 13.1 Å². The van der Waals surface area contributed by atoms with Gasteiger partial charge in [0.15, 0.2) is 0 Å². The molecule has 0 spiro atoms. The number of hydrogen-bond acceptors (Lipinski definition) is 4. The van der Waals surface area contributed by atoms with E-state index in [1.54, 1.807) is 23.1 Å². The molecular formula is C15H21N3O3. The highest BCUT2D eigenvalue weighted by Crippen LogP contribution is 2.24. The van der Waals surface area contributed by atoms with E-state index in [1.807, 2.05) is 0 Å². The maximum absolute atomic E-state index is 12.5. The molecule has 6 nitrogen and oxygen atoms in total. The minimum atomic E-state index is -0.443. The molecular weight excluding hydrogens is 270 g/mol. The Balaban J connectivity index is 2.12. The van der Waals surface area contributed by atoms with Crippen LogP contribution in [0.3, 0.4) is 0 Å². The molecule has 0 bridgehead atoms.